The quantitative estimate of drug-likeness (QED) is 0.686. The molecule has 1 aromatic heterocycles. The molecule has 0 bridgehead atoms. The first-order valence-electron chi connectivity index (χ1n) is 8.47. The molecule has 0 saturated heterocycles. The molecule has 3 aromatic rings. The zero-order valence-corrected chi connectivity index (χ0v) is 16.2. The lowest BCUT2D eigenvalue weighted by molar-refractivity contribution is -0.118. The molecule has 0 spiro atoms. The van der Waals surface area contributed by atoms with Crippen molar-refractivity contribution >= 4 is 22.4 Å². The van der Waals surface area contributed by atoms with Crippen LogP contribution in [-0.4, -0.2) is 17.5 Å². The van der Waals surface area contributed by atoms with Gasteiger partial charge in [-0.15, -0.1) is 11.3 Å². The van der Waals surface area contributed by atoms with Crippen LogP contribution >= 0.6 is 11.3 Å². The number of nitrogens with zero attached hydrogens (tertiary/aromatic N) is 1. The van der Waals surface area contributed by atoms with Gasteiger partial charge in [0.25, 0.3) is 5.91 Å². The summed E-state index contributed by atoms with van der Waals surface area (Å²) in [5, 5.41) is 3.41. The van der Waals surface area contributed by atoms with Gasteiger partial charge >= 0.3 is 0 Å². The molecule has 26 heavy (non-hydrogen) atoms. The molecule has 2 aromatic carbocycles. The fourth-order valence-electron chi connectivity index (χ4n) is 2.54. The summed E-state index contributed by atoms with van der Waals surface area (Å²) < 4.78 is 5.58. The molecule has 0 fully saturated rings. The molecule has 134 valence electrons. The van der Waals surface area contributed by atoms with Crippen LogP contribution < -0.4 is 10.1 Å². The van der Waals surface area contributed by atoms with E-state index in [1.807, 2.05) is 51.1 Å². The maximum atomic E-state index is 12.2. The Bertz CT molecular complexity index is 930. The summed E-state index contributed by atoms with van der Waals surface area (Å²) in [5.41, 5.74) is 5.50. The Kier molecular flexibility index (Phi) is 5.38. The number of aryl methyl sites for hydroxylation is 4. The van der Waals surface area contributed by atoms with Crippen LogP contribution in [0.4, 0.5) is 5.13 Å². The van der Waals surface area contributed by atoms with Gasteiger partial charge in [0.05, 0.1) is 5.69 Å². The third kappa shape index (κ3) is 4.29. The van der Waals surface area contributed by atoms with Gasteiger partial charge in [0.1, 0.15) is 5.75 Å². The number of thiazole rings is 1. The van der Waals surface area contributed by atoms with E-state index >= 15 is 0 Å². The minimum absolute atomic E-state index is 0.0407. The Balaban J connectivity index is 1.63. The van der Waals surface area contributed by atoms with E-state index in [-0.39, 0.29) is 12.5 Å². The van der Waals surface area contributed by atoms with Gasteiger partial charge in [-0.25, -0.2) is 4.98 Å². The number of amides is 1. The number of hydrogen-bond donors (Lipinski definition) is 1. The van der Waals surface area contributed by atoms with Crippen molar-refractivity contribution < 1.29 is 9.53 Å². The van der Waals surface area contributed by atoms with Crippen LogP contribution in [0.2, 0.25) is 0 Å². The van der Waals surface area contributed by atoms with E-state index in [9.17, 15) is 4.79 Å². The Labute approximate surface area is 157 Å². The number of hydrogen-bond acceptors (Lipinski definition) is 4. The van der Waals surface area contributed by atoms with E-state index in [0.717, 1.165) is 21.7 Å². The van der Waals surface area contributed by atoms with Crippen molar-refractivity contribution in [2.45, 2.75) is 27.7 Å². The maximum Gasteiger partial charge on any atom is 0.264 e. The first-order valence-corrected chi connectivity index (χ1v) is 9.28. The monoisotopic (exact) mass is 366 g/mol. The molecule has 3 rings (SSSR count). The van der Waals surface area contributed by atoms with Crippen LogP contribution in [0.1, 0.15) is 21.6 Å². The lowest BCUT2D eigenvalue weighted by Gasteiger charge is -2.07. The van der Waals surface area contributed by atoms with Crippen LogP contribution in [0.15, 0.2) is 42.5 Å². The molecule has 5 heteroatoms. The highest BCUT2D eigenvalue weighted by Crippen LogP contribution is 2.30. The van der Waals surface area contributed by atoms with Gasteiger partial charge in [0, 0.05) is 10.4 Å². The number of carbonyl (C=O) groups excluding carboxylic acids is 1. The zero-order valence-electron chi connectivity index (χ0n) is 15.4. The molecule has 0 aliphatic rings. The Morgan fingerprint density at radius 1 is 1.04 bits per heavy atom. The first kappa shape index (κ1) is 18.1. The largest absolute Gasteiger partial charge is 0.484 e. The van der Waals surface area contributed by atoms with Crippen LogP contribution in [0, 0.1) is 27.7 Å². The molecule has 0 aliphatic heterocycles. The highest BCUT2D eigenvalue weighted by Gasteiger charge is 2.12. The van der Waals surface area contributed by atoms with Crippen LogP contribution in [0.5, 0.6) is 5.75 Å². The van der Waals surface area contributed by atoms with E-state index in [4.69, 9.17) is 4.74 Å². The molecule has 0 aliphatic carbocycles. The van der Waals surface area contributed by atoms with Crippen molar-refractivity contribution in [3.63, 3.8) is 0 Å². The number of ether oxygens (including phenoxy) is 1. The van der Waals surface area contributed by atoms with Crippen LogP contribution in [-0.2, 0) is 4.79 Å². The number of nitrogens with one attached hydrogen (secondary N) is 1. The van der Waals surface area contributed by atoms with E-state index < -0.39 is 0 Å². The smallest absolute Gasteiger partial charge is 0.264 e. The molecule has 0 radical (unpaired) electrons. The molecule has 0 unspecified atom stereocenters. The molecule has 0 atom stereocenters. The first-order chi connectivity index (χ1) is 12.4. The lowest BCUT2D eigenvalue weighted by Crippen LogP contribution is -2.20. The summed E-state index contributed by atoms with van der Waals surface area (Å²) in [6.07, 6.45) is 0. The van der Waals surface area contributed by atoms with Gasteiger partial charge in [-0.05, 0) is 51.0 Å². The second-order valence-corrected chi connectivity index (χ2v) is 7.58. The van der Waals surface area contributed by atoms with E-state index in [0.29, 0.717) is 10.9 Å². The SMILES string of the molecule is Cc1ccc(-c2nc(NC(=O)COc3ccc(C)c(C)c3)sc2C)cc1. The lowest BCUT2D eigenvalue weighted by atomic mass is 10.1. The third-order valence-electron chi connectivity index (χ3n) is 4.22. The van der Waals surface area contributed by atoms with Crippen molar-refractivity contribution in [3.05, 3.63) is 64.0 Å². The zero-order chi connectivity index (χ0) is 18.7. The fourth-order valence-corrected chi connectivity index (χ4v) is 3.39. The summed E-state index contributed by atoms with van der Waals surface area (Å²) >= 11 is 1.47. The van der Waals surface area contributed by atoms with Crippen LogP contribution in [0.3, 0.4) is 0 Å². The number of anilines is 1. The normalized spacial score (nSPS) is 10.6. The summed E-state index contributed by atoms with van der Waals surface area (Å²) in [7, 11) is 0. The minimum Gasteiger partial charge on any atom is -0.484 e. The molecule has 0 saturated carbocycles. The van der Waals surface area contributed by atoms with Crippen molar-refractivity contribution in [2.75, 3.05) is 11.9 Å². The van der Waals surface area contributed by atoms with E-state index in [1.165, 1.54) is 22.5 Å². The minimum atomic E-state index is -0.215. The average Bonchev–Trinajstić information content (AvgIpc) is 2.97. The van der Waals surface area contributed by atoms with Gasteiger partial charge in [-0.3, -0.25) is 10.1 Å². The third-order valence-corrected chi connectivity index (χ3v) is 5.10. The number of aromatic nitrogens is 1. The average molecular weight is 366 g/mol. The van der Waals surface area contributed by atoms with Gasteiger partial charge in [-0.1, -0.05) is 35.9 Å². The van der Waals surface area contributed by atoms with Crippen molar-refractivity contribution in [3.8, 4) is 17.0 Å². The number of benzene rings is 2. The molecular formula is C21H22N2O2S. The maximum absolute atomic E-state index is 12.2. The fraction of sp³-hybridized carbons (Fsp3) is 0.238. The number of carbonyl (C=O) groups is 1. The second kappa shape index (κ2) is 7.70. The molecule has 1 N–H and O–H groups in total. The topological polar surface area (TPSA) is 51.2 Å². The van der Waals surface area contributed by atoms with Crippen LogP contribution in [0.25, 0.3) is 11.3 Å². The Morgan fingerprint density at radius 3 is 2.46 bits per heavy atom. The summed E-state index contributed by atoms with van der Waals surface area (Å²) in [6, 6.07) is 14.0. The molecule has 4 nitrogen and oxygen atoms in total. The molecular weight excluding hydrogens is 344 g/mol. The predicted molar refractivity (Wildman–Crippen MR) is 107 cm³/mol. The summed E-state index contributed by atoms with van der Waals surface area (Å²) in [4.78, 5) is 17.8. The van der Waals surface area contributed by atoms with Crippen molar-refractivity contribution in [1.29, 1.82) is 0 Å². The predicted octanol–water partition coefficient (Wildman–Crippen LogP) is 5.06. The van der Waals surface area contributed by atoms with Gasteiger partial charge < -0.3 is 4.74 Å². The van der Waals surface area contributed by atoms with E-state index in [2.05, 4.69) is 29.4 Å². The van der Waals surface area contributed by atoms with Gasteiger partial charge in [0.2, 0.25) is 0 Å². The van der Waals surface area contributed by atoms with Gasteiger partial charge in [-0.2, -0.15) is 0 Å². The highest BCUT2D eigenvalue weighted by molar-refractivity contribution is 7.16. The number of rotatable bonds is 5. The highest BCUT2D eigenvalue weighted by atomic mass is 32.1. The van der Waals surface area contributed by atoms with Crippen molar-refractivity contribution in [2.24, 2.45) is 0 Å². The standard InChI is InChI=1S/C21H22N2O2S/c1-13-5-8-17(9-6-13)20-16(4)26-21(23-20)22-19(24)12-25-18-10-7-14(2)15(3)11-18/h5-11H,12H2,1-4H3,(H,22,23,24). The Hall–Kier alpha value is -2.66. The molecule has 1 amide bonds. The second-order valence-electron chi connectivity index (χ2n) is 6.37. The Morgan fingerprint density at radius 2 is 1.77 bits per heavy atom. The van der Waals surface area contributed by atoms with Gasteiger partial charge in [0.15, 0.2) is 11.7 Å². The molecule has 1 heterocycles. The summed E-state index contributed by atoms with van der Waals surface area (Å²) in [5.74, 6) is 0.478. The van der Waals surface area contributed by atoms with Crippen molar-refractivity contribution in [1.82, 2.24) is 4.98 Å². The van der Waals surface area contributed by atoms with E-state index in [1.54, 1.807) is 0 Å². The summed E-state index contributed by atoms with van der Waals surface area (Å²) in [6.45, 7) is 8.09.